The SMILES string of the molecule is CCC(C)(N)C(=O)N(C)CC(C)C(=O)NC. The predicted octanol–water partition coefficient (Wildman–Crippen LogP) is -0.0457. The van der Waals surface area contributed by atoms with Crippen molar-refractivity contribution in [2.75, 3.05) is 20.6 Å². The molecule has 0 spiro atoms. The summed E-state index contributed by atoms with van der Waals surface area (Å²) in [5, 5.41) is 2.55. The van der Waals surface area contributed by atoms with Gasteiger partial charge >= 0.3 is 0 Å². The van der Waals surface area contributed by atoms with Gasteiger partial charge in [0.25, 0.3) is 0 Å². The second-order valence-corrected chi connectivity index (χ2v) is 4.47. The lowest BCUT2D eigenvalue weighted by atomic mass is 9.98. The van der Waals surface area contributed by atoms with E-state index in [1.54, 1.807) is 27.9 Å². The van der Waals surface area contributed by atoms with Gasteiger partial charge < -0.3 is 16.0 Å². The van der Waals surface area contributed by atoms with Gasteiger partial charge in [-0.3, -0.25) is 9.59 Å². The number of hydrogen-bond acceptors (Lipinski definition) is 3. The van der Waals surface area contributed by atoms with Crippen molar-refractivity contribution in [1.82, 2.24) is 10.2 Å². The molecule has 0 aromatic heterocycles. The van der Waals surface area contributed by atoms with E-state index in [0.717, 1.165) is 0 Å². The van der Waals surface area contributed by atoms with Gasteiger partial charge in [0.2, 0.25) is 11.8 Å². The number of hydrogen-bond donors (Lipinski definition) is 2. The Balaban J connectivity index is 4.42. The Morgan fingerprint density at radius 1 is 1.50 bits per heavy atom. The number of nitrogens with zero attached hydrogens (tertiary/aromatic N) is 1. The number of nitrogens with two attached hydrogens (primary N) is 1. The number of nitrogens with one attached hydrogen (secondary N) is 1. The Kier molecular flexibility index (Phi) is 5.44. The maximum absolute atomic E-state index is 11.9. The molecule has 0 aliphatic carbocycles. The first-order valence-corrected chi connectivity index (χ1v) is 5.52. The third kappa shape index (κ3) is 3.81. The van der Waals surface area contributed by atoms with E-state index in [0.29, 0.717) is 13.0 Å². The largest absolute Gasteiger partial charge is 0.359 e. The number of carbonyl (C=O) groups excluding carboxylic acids is 2. The van der Waals surface area contributed by atoms with Crippen molar-refractivity contribution in [2.24, 2.45) is 11.7 Å². The van der Waals surface area contributed by atoms with Crippen LogP contribution in [0.2, 0.25) is 0 Å². The second kappa shape index (κ2) is 5.84. The summed E-state index contributed by atoms with van der Waals surface area (Å²) in [4.78, 5) is 24.7. The summed E-state index contributed by atoms with van der Waals surface area (Å²) in [5.41, 5.74) is 5.00. The van der Waals surface area contributed by atoms with E-state index in [9.17, 15) is 9.59 Å². The van der Waals surface area contributed by atoms with Gasteiger partial charge in [0.15, 0.2) is 0 Å². The monoisotopic (exact) mass is 229 g/mol. The van der Waals surface area contributed by atoms with Crippen molar-refractivity contribution >= 4 is 11.8 Å². The zero-order valence-electron chi connectivity index (χ0n) is 10.8. The minimum absolute atomic E-state index is 0.0742. The molecule has 0 rings (SSSR count). The average Bonchev–Trinajstić information content (AvgIpc) is 2.26. The first-order chi connectivity index (χ1) is 7.26. The summed E-state index contributed by atoms with van der Waals surface area (Å²) in [6, 6.07) is 0. The molecule has 0 bridgehead atoms. The Hall–Kier alpha value is -1.10. The molecular weight excluding hydrogens is 206 g/mol. The van der Waals surface area contributed by atoms with E-state index in [4.69, 9.17) is 5.73 Å². The van der Waals surface area contributed by atoms with Crippen LogP contribution < -0.4 is 11.1 Å². The van der Waals surface area contributed by atoms with E-state index in [2.05, 4.69) is 5.32 Å². The fraction of sp³-hybridized carbons (Fsp3) is 0.818. The lowest BCUT2D eigenvalue weighted by molar-refractivity contribution is -0.136. The fourth-order valence-electron chi connectivity index (χ4n) is 1.41. The van der Waals surface area contributed by atoms with E-state index < -0.39 is 5.54 Å². The fourth-order valence-corrected chi connectivity index (χ4v) is 1.41. The van der Waals surface area contributed by atoms with E-state index >= 15 is 0 Å². The average molecular weight is 229 g/mol. The van der Waals surface area contributed by atoms with Gasteiger partial charge in [0.1, 0.15) is 0 Å². The number of amides is 2. The maximum atomic E-state index is 11.9. The summed E-state index contributed by atoms with van der Waals surface area (Å²) in [6.07, 6.45) is 0.574. The van der Waals surface area contributed by atoms with Crippen LogP contribution in [-0.4, -0.2) is 42.9 Å². The molecule has 0 aromatic carbocycles. The zero-order chi connectivity index (χ0) is 12.9. The second-order valence-electron chi connectivity index (χ2n) is 4.47. The molecule has 0 aromatic rings. The first-order valence-electron chi connectivity index (χ1n) is 5.52. The Morgan fingerprint density at radius 3 is 2.38 bits per heavy atom. The van der Waals surface area contributed by atoms with Crippen LogP contribution in [0.25, 0.3) is 0 Å². The molecule has 2 amide bonds. The summed E-state index contributed by atoms with van der Waals surface area (Å²) < 4.78 is 0. The highest BCUT2D eigenvalue weighted by molar-refractivity contribution is 5.86. The molecule has 2 unspecified atom stereocenters. The van der Waals surface area contributed by atoms with Crippen molar-refractivity contribution in [3.8, 4) is 0 Å². The minimum atomic E-state index is -0.850. The molecule has 5 heteroatoms. The molecular formula is C11H23N3O2. The minimum Gasteiger partial charge on any atom is -0.359 e. The van der Waals surface area contributed by atoms with E-state index in [1.165, 1.54) is 4.90 Å². The highest BCUT2D eigenvalue weighted by atomic mass is 16.2. The lowest BCUT2D eigenvalue weighted by Gasteiger charge is -2.29. The van der Waals surface area contributed by atoms with Crippen LogP contribution >= 0.6 is 0 Å². The van der Waals surface area contributed by atoms with Crippen LogP contribution in [0.15, 0.2) is 0 Å². The van der Waals surface area contributed by atoms with Crippen molar-refractivity contribution in [2.45, 2.75) is 32.7 Å². The molecule has 0 heterocycles. The van der Waals surface area contributed by atoms with Crippen LogP contribution in [0.4, 0.5) is 0 Å². The third-order valence-electron chi connectivity index (χ3n) is 2.81. The smallest absolute Gasteiger partial charge is 0.242 e. The molecule has 5 nitrogen and oxygen atoms in total. The first kappa shape index (κ1) is 14.9. The van der Waals surface area contributed by atoms with Crippen LogP contribution in [0.1, 0.15) is 27.2 Å². The van der Waals surface area contributed by atoms with Gasteiger partial charge in [-0.15, -0.1) is 0 Å². The molecule has 0 saturated heterocycles. The van der Waals surface area contributed by atoms with Crippen molar-refractivity contribution in [1.29, 1.82) is 0 Å². The van der Waals surface area contributed by atoms with Crippen LogP contribution in [0.3, 0.4) is 0 Å². The lowest BCUT2D eigenvalue weighted by Crippen LogP contribution is -2.53. The standard InChI is InChI=1S/C11H23N3O2/c1-6-11(3,12)10(16)14(5)7-8(2)9(15)13-4/h8H,6-7,12H2,1-5H3,(H,13,15). The summed E-state index contributed by atoms with van der Waals surface area (Å²) >= 11 is 0. The van der Waals surface area contributed by atoms with Crippen molar-refractivity contribution in [3.05, 3.63) is 0 Å². The van der Waals surface area contributed by atoms with Gasteiger partial charge in [0, 0.05) is 20.6 Å². The molecule has 0 radical (unpaired) electrons. The van der Waals surface area contributed by atoms with Gasteiger partial charge in [-0.2, -0.15) is 0 Å². The topological polar surface area (TPSA) is 75.4 Å². The Morgan fingerprint density at radius 2 is 2.00 bits per heavy atom. The molecule has 3 N–H and O–H groups in total. The highest BCUT2D eigenvalue weighted by Gasteiger charge is 2.30. The van der Waals surface area contributed by atoms with E-state index in [1.807, 2.05) is 6.92 Å². The molecule has 94 valence electrons. The highest BCUT2D eigenvalue weighted by Crippen LogP contribution is 2.10. The molecule has 0 fully saturated rings. The van der Waals surface area contributed by atoms with Gasteiger partial charge in [-0.25, -0.2) is 0 Å². The van der Waals surface area contributed by atoms with Crippen molar-refractivity contribution < 1.29 is 9.59 Å². The predicted molar refractivity (Wildman–Crippen MR) is 63.8 cm³/mol. The number of likely N-dealkylation sites (N-methyl/N-ethyl adjacent to an activating group) is 1. The molecule has 0 saturated carbocycles. The Labute approximate surface area is 97.4 Å². The van der Waals surface area contributed by atoms with Gasteiger partial charge in [-0.05, 0) is 13.3 Å². The van der Waals surface area contributed by atoms with Crippen LogP contribution in [0.5, 0.6) is 0 Å². The Bertz CT molecular complexity index is 264. The van der Waals surface area contributed by atoms with Crippen LogP contribution in [0, 0.1) is 5.92 Å². The quantitative estimate of drug-likeness (QED) is 0.694. The van der Waals surface area contributed by atoms with Gasteiger partial charge in [0.05, 0.1) is 11.5 Å². The van der Waals surface area contributed by atoms with Gasteiger partial charge in [-0.1, -0.05) is 13.8 Å². The molecule has 0 aliphatic rings. The summed E-state index contributed by atoms with van der Waals surface area (Å²) in [6.45, 7) is 5.73. The number of carbonyl (C=O) groups is 2. The molecule has 2 atom stereocenters. The third-order valence-corrected chi connectivity index (χ3v) is 2.81. The molecule has 0 aliphatic heterocycles. The summed E-state index contributed by atoms with van der Waals surface area (Å²) in [5.74, 6) is -0.438. The normalized spacial score (nSPS) is 16.1. The van der Waals surface area contributed by atoms with Crippen molar-refractivity contribution in [3.63, 3.8) is 0 Å². The number of rotatable bonds is 5. The zero-order valence-corrected chi connectivity index (χ0v) is 10.8. The maximum Gasteiger partial charge on any atom is 0.242 e. The van der Waals surface area contributed by atoms with E-state index in [-0.39, 0.29) is 17.7 Å². The summed E-state index contributed by atoms with van der Waals surface area (Å²) in [7, 11) is 3.25. The van der Waals surface area contributed by atoms with Crippen LogP contribution in [-0.2, 0) is 9.59 Å². The molecule has 16 heavy (non-hydrogen) atoms.